The molecule has 4 nitrogen and oxygen atoms in total. The molecule has 4 heteroatoms. The summed E-state index contributed by atoms with van der Waals surface area (Å²) in [6, 6.07) is 53.3. The number of anilines is 4. The van der Waals surface area contributed by atoms with Crippen molar-refractivity contribution < 1.29 is 0 Å². The van der Waals surface area contributed by atoms with Gasteiger partial charge in [0, 0.05) is 22.8 Å². The predicted octanol–water partition coefficient (Wildman–Crippen LogP) is 13.7. The predicted molar refractivity (Wildman–Crippen MR) is 251 cm³/mol. The van der Waals surface area contributed by atoms with Gasteiger partial charge in [-0.2, -0.15) is 0 Å². The summed E-state index contributed by atoms with van der Waals surface area (Å²) in [5.74, 6) is 0. The number of hydrogen-bond donors (Lipinski definition) is 1. The Morgan fingerprint density at radius 3 is 1.98 bits per heavy atom. The van der Waals surface area contributed by atoms with Gasteiger partial charge in [-0.05, 0) is 119 Å². The lowest BCUT2D eigenvalue weighted by atomic mass is 9.96. The largest absolute Gasteiger partial charge is 0.328 e. The molecule has 9 rings (SSSR count). The zero-order chi connectivity index (χ0) is 40.1. The Labute approximate surface area is 345 Å². The molecule has 0 saturated carbocycles. The topological polar surface area (TPSA) is 44.9 Å². The van der Waals surface area contributed by atoms with E-state index in [0.29, 0.717) is 6.67 Å². The van der Waals surface area contributed by atoms with Crippen molar-refractivity contribution in [1.29, 1.82) is 0 Å². The van der Waals surface area contributed by atoms with E-state index >= 15 is 0 Å². The van der Waals surface area contributed by atoms with Crippen LogP contribution in [0.2, 0.25) is 0 Å². The van der Waals surface area contributed by atoms with E-state index in [1.165, 1.54) is 61.7 Å². The van der Waals surface area contributed by atoms with Crippen LogP contribution in [0.15, 0.2) is 198 Å². The van der Waals surface area contributed by atoms with Gasteiger partial charge in [-0.1, -0.05) is 166 Å². The van der Waals surface area contributed by atoms with E-state index in [1.807, 2.05) is 62.4 Å². The molecule has 0 atom stereocenters. The number of benzene rings is 6. The molecule has 0 radical (unpaired) electrons. The van der Waals surface area contributed by atoms with E-state index < -0.39 is 0 Å². The number of nitrogens with two attached hydrogens (primary N) is 1. The number of aliphatic imine (C=N–C) groups is 1. The molecular formula is C54H52N4. The molecule has 0 unspecified atom stereocenters. The first kappa shape index (κ1) is 39.5. The average Bonchev–Trinajstić information content (AvgIpc) is 3.45. The molecule has 2 N–H and O–H groups in total. The van der Waals surface area contributed by atoms with Crippen molar-refractivity contribution in [1.82, 2.24) is 0 Å². The fraction of sp³-hybridized carbons (Fsp3) is 0.130. The molecule has 0 amide bonds. The van der Waals surface area contributed by atoms with Crippen molar-refractivity contribution in [2.45, 2.75) is 39.5 Å². The second kappa shape index (κ2) is 19.4. The van der Waals surface area contributed by atoms with E-state index in [2.05, 4.69) is 167 Å². The van der Waals surface area contributed by atoms with Gasteiger partial charge in [0.05, 0.1) is 18.1 Å². The molecule has 0 aromatic heterocycles. The van der Waals surface area contributed by atoms with Gasteiger partial charge >= 0.3 is 0 Å². The first-order chi connectivity index (χ1) is 28.7. The third-order valence-electron chi connectivity index (χ3n) is 10.5. The monoisotopic (exact) mass is 756 g/mol. The van der Waals surface area contributed by atoms with E-state index in [4.69, 9.17) is 5.73 Å². The molecule has 0 saturated heterocycles. The zero-order valence-corrected chi connectivity index (χ0v) is 33.6. The Morgan fingerprint density at radius 2 is 1.28 bits per heavy atom. The van der Waals surface area contributed by atoms with Crippen LogP contribution in [0.1, 0.15) is 54.5 Å². The summed E-state index contributed by atoms with van der Waals surface area (Å²) < 4.78 is 0. The molecule has 6 aromatic rings. The summed E-state index contributed by atoms with van der Waals surface area (Å²) in [5, 5.41) is 0. The molecule has 58 heavy (non-hydrogen) atoms. The van der Waals surface area contributed by atoms with Crippen LogP contribution < -0.4 is 15.5 Å². The molecule has 0 spiro atoms. The molecule has 0 bridgehead atoms. The highest BCUT2D eigenvalue weighted by atomic mass is 15.2. The van der Waals surface area contributed by atoms with Crippen LogP contribution >= 0.6 is 0 Å². The van der Waals surface area contributed by atoms with Crippen molar-refractivity contribution >= 4 is 47.3 Å². The third-order valence-corrected chi connectivity index (χ3v) is 10.5. The molecule has 2 heterocycles. The van der Waals surface area contributed by atoms with Crippen molar-refractivity contribution in [3.63, 3.8) is 0 Å². The summed E-state index contributed by atoms with van der Waals surface area (Å²) in [6.45, 7) is 8.06. The van der Waals surface area contributed by atoms with Crippen LogP contribution in [0, 0.1) is 0 Å². The number of nitrogens with zero attached hydrogens (tertiary/aromatic N) is 3. The van der Waals surface area contributed by atoms with Crippen LogP contribution in [0.25, 0.3) is 29.0 Å². The SMILES string of the molecule is C=N/C(=C\Cc1ccccc1)c1ccccc1.CC.NCN1c2ccc(-c3ccc4c(c3)C=CC3=CCCC=C3N4c3ccccc3)cc2C=CCc2ccccc21. The van der Waals surface area contributed by atoms with Crippen molar-refractivity contribution in [3.05, 3.63) is 221 Å². The average molecular weight is 757 g/mol. The Kier molecular flexibility index (Phi) is 13.2. The lowest BCUT2D eigenvalue weighted by Crippen LogP contribution is -2.26. The first-order valence-electron chi connectivity index (χ1n) is 20.4. The quantitative estimate of drug-likeness (QED) is 0.165. The van der Waals surface area contributed by atoms with Gasteiger partial charge in [0.15, 0.2) is 0 Å². The summed E-state index contributed by atoms with van der Waals surface area (Å²) in [4.78, 5) is 8.71. The Morgan fingerprint density at radius 1 is 0.655 bits per heavy atom. The summed E-state index contributed by atoms with van der Waals surface area (Å²) in [5.41, 5.74) is 23.0. The number of fused-ring (bicyclic) bond motifs is 4. The van der Waals surface area contributed by atoms with Gasteiger partial charge in [0.1, 0.15) is 0 Å². The van der Waals surface area contributed by atoms with E-state index in [0.717, 1.165) is 42.6 Å². The fourth-order valence-electron chi connectivity index (χ4n) is 7.70. The fourth-order valence-corrected chi connectivity index (χ4v) is 7.70. The summed E-state index contributed by atoms with van der Waals surface area (Å²) in [6.07, 6.45) is 19.8. The van der Waals surface area contributed by atoms with Crippen LogP contribution in [0.3, 0.4) is 0 Å². The van der Waals surface area contributed by atoms with Crippen molar-refractivity contribution in [2.75, 3.05) is 16.5 Å². The lowest BCUT2D eigenvalue weighted by molar-refractivity contribution is 0.967. The summed E-state index contributed by atoms with van der Waals surface area (Å²) >= 11 is 0. The standard InChI is InChI=1S/C36H31N3.C16H15N.C2H6/c37-25-38-33-15-6-4-9-26(33)11-8-12-30-23-28(19-21-34(30)38)29-20-22-36-31(24-29)18-17-27-10-5-7-16-35(27)39(36)32-13-2-1-3-14-32;1-17-16(15-10-6-3-7-11-15)13-12-14-8-4-2-5-9-14;1-2/h1-4,6,8-10,12-24H,5,7,11,25,37H2;2-11,13H,1,12H2;1-2H3/b;16-13-;. The number of rotatable bonds is 7. The minimum absolute atomic E-state index is 0.432. The second-order valence-electron chi connectivity index (χ2n) is 14.0. The third kappa shape index (κ3) is 8.94. The molecule has 3 aliphatic rings. The minimum atomic E-state index is 0.432. The van der Waals surface area contributed by atoms with Crippen LogP contribution in [-0.4, -0.2) is 13.4 Å². The normalized spacial score (nSPS) is 13.9. The van der Waals surface area contributed by atoms with E-state index in [9.17, 15) is 0 Å². The van der Waals surface area contributed by atoms with Crippen LogP contribution in [0.5, 0.6) is 0 Å². The van der Waals surface area contributed by atoms with Gasteiger partial charge in [0.2, 0.25) is 0 Å². The first-order valence-corrected chi connectivity index (χ1v) is 20.4. The van der Waals surface area contributed by atoms with Crippen molar-refractivity contribution in [3.8, 4) is 11.1 Å². The number of hydrogen-bond acceptors (Lipinski definition) is 4. The van der Waals surface area contributed by atoms with Gasteiger partial charge in [-0.3, -0.25) is 4.99 Å². The molecule has 288 valence electrons. The van der Waals surface area contributed by atoms with Gasteiger partial charge < -0.3 is 15.5 Å². The lowest BCUT2D eigenvalue weighted by Gasteiger charge is -2.30. The number of para-hydroxylation sites is 2. The highest BCUT2D eigenvalue weighted by Crippen LogP contribution is 2.42. The van der Waals surface area contributed by atoms with Crippen molar-refractivity contribution in [2.24, 2.45) is 10.7 Å². The van der Waals surface area contributed by atoms with Gasteiger partial charge in [-0.15, -0.1) is 0 Å². The van der Waals surface area contributed by atoms with E-state index in [-0.39, 0.29) is 0 Å². The second-order valence-corrected chi connectivity index (χ2v) is 14.0. The smallest absolute Gasteiger partial charge is 0.0706 e. The molecule has 6 aromatic carbocycles. The Hall–Kier alpha value is -6.75. The zero-order valence-electron chi connectivity index (χ0n) is 33.6. The highest BCUT2D eigenvalue weighted by molar-refractivity contribution is 5.87. The molecular weight excluding hydrogens is 705 g/mol. The van der Waals surface area contributed by atoms with Gasteiger partial charge in [-0.25, -0.2) is 0 Å². The maximum atomic E-state index is 6.28. The minimum Gasteiger partial charge on any atom is -0.328 e. The number of allylic oxidation sites excluding steroid dienone is 5. The molecule has 2 aliphatic heterocycles. The maximum absolute atomic E-state index is 6.28. The maximum Gasteiger partial charge on any atom is 0.0706 e. The summed E-state index contributed by atoms with van der Waals surface area (Å²) in [7, 11) is 0. The Balaban J connectivity index is 0.000000226. The van der Waals surface area contributed by atoms with Gasteiger partial charge in [0.25, 0.3) is 0 Å². The van der Waals surface area contributed by atoms with E-state index in [1.54, 1.807) is 0 Å². The highest BCUT2D eigenvalue weighted by Gasteiger charge is 2.24. The molecule has 0 fully saturated rings. The van der Waals surface area contributed by atoms with Crippen LogP contribution in [0.4, 0.5) is 22.7 Å². The Bertz CT molecular complexity index is 2470. The van der Waals surface area contributed by atoms with Crippen LogP contribution in [-0.2, 0) is 12.8 Å². The molecule has 1 aliphatic carbocycles.